The number of hydrogen-bond donors (Lipinski definition) is 2. The van der Waals surface area contributed by atoms with Crippen LogP contribution in [-0.4, -0.2) is 32.1 Å². The third kappa shape index (κ3) is 5.60. The highest BCUT2D eigenvalue weighted by Gasteiger charge is 2.13. The topological polar surface area (TPSA) is 88.2 Å². The van der Waals surface area contributed by atoms with E-state index < -0.39 is 10.0 Å². The third-order valence-electron chi connectivity index (χ3n) is 3.50. The molecule has 0 aliphatic heterocycles. The van der Waals surface area contributed by atoms with E-state index in [2.05, 4.69) is 15.0 Å². The maximum absolute atomic E-state index is 12.4. The molecule has 0 aliphatic rings. The van der Waals surface area contributed by atoms with E-state index in [1.54, 1.807) is 12.1 Å². The van der Waals surface area contributed by atoms with Crippen LogP contribution in [0.5, 0.6) is 0 Å². The van der Waals surface area contributed by atoms with Gasteiger partial charge in [-0.25, -0.2) is 18.1 Å². The summed E-state index contributed by atoms with van der Waals surface area (Å²) in [5.74, 6) is -0.248. The van der Waals surface area contributed by atoms with E-state index in [1.807, 2.05) is 29.6 Å². The molecule has 2 aromatic heterocycles. The largest absolute Gasteiger partial charge is 0.297 e. The average molecular weight is 442 g/mol. The summed E-state index contributed by atoms with van der Waals surface area (Å²) >= 11 is 8.83. The highest BCUT2D eigenvalue weighted by atomic mass is 35.5. The van der Waals surface area contributed by atoms with E-state index in [4.69, 9.17) is 11.6 Å². The maximum Gasteiger partial charge on any atom is 0.267 e. The molecule has 10 heteroatoms. The molecule has 0 saturated heterocycles. The Morgan fingerprint density at radius 1 is 1.22 bits per heavy atom. The van der Waals surface area contributed by atoms with E-state index in [0.717, 1.165) is 16.7 Å². The highest BCUT2D eigenvalue weighted by Crippen LogP contribution is 2.30. The molecule has 27 heavy (non-hydrogen) atoms. The minimum Gasteiger partial charge on any atom is -0.297 e. The summed E-state index contributed by atoms with van der Waals surface area (Å²) in [6.45, 7) is 0.300. The van der Waals surface area contributed by atoms with Crippen LogP contribution in [0.2, 0.25) is 5.02 Å². The normalized spacial score (nSPS) is 11.5. The van der Waals surface area contributed by atoms with E-state index >= 15 is 0 Å². The van der Waals surface area contributed by atoms with Crippen molar-refractivity contribution in [2.75, 3.05) is 18.1 Å². The van der Waals surface area contributed by atoms with Crippen molar-refractivity contribution in [2.24, 2.45) is 0 Å². The number of nitrogens with zero attached hydrogens (tertiary/aromatic N) is 1. The zero-order valence-corrected chi connectivity index (χ0v) is 17.4. The van der Waals surface area contributed by atoms with Crippen molar-refractivity contribution in [1.29, 1.82) is 0 Å². The zero-order valence-electron chi connectivity index (χ0n) is 14.2. The third-order valence-corrected chi connectivity index (χ3v) is 6.46. The van der Waals surface area contributed by atoms with Crippen LogP contribution >= 0.6 is 34.3 Å². The average Bonchev–Trinajstić information content (AvgIpc) is 3.24. The number of anilines is 1. The Bertz CT molecular complexity index is 1060. The van der Waals surface area contributed by atoms with Crippen LogP contribution in [-0.2, 0) is 16.4 Å². The van der Waals surface area contributed by atoms with Gasteiger partial charge in [0.25, 0.3) is 5.91 Å². The monoisotopic (exact) mass is 441 g/mol. The summed E-state index contributed by atoms with van der Waals surface area (Å²) < 4.78 is 24.6. The first kappa shape index (κ1) is 20.0. The number of rotatable bonds is 7. The van der Waals surface area contributed by atoms with Crippen molar-refractivity contribution in [3.63, 3.8) is 0 Å². The predicted octanol–water partition coefficient (Wildman–Crippen LogP) is 3.87. The molecule has 1 aromatic carbocycles. The molecule has 0 saturated carbocycles. The smallest absolute Gasteiger partial charge is 0.267 e. The van der Waals surface area contributed by atoms with Gasteiger partial charge in [-0.2, -0.15) is 0 Å². The number of thiazole rings is 1. The zero-order chi connectivity index (χ0) is 19.4. The summed E-state index contributed by atoms with van der Waals surface area (Å²) in [6, 6.07) is 10.9. The summed E-state index contributed by atoms with van der Waals surface area (Å²) in [5, 5.41) is 5.72. The Balaban J connectivity index is 1.62. The Kier molecular flexibility index (Phi) is 6.28. The Labute approximate surface area is 170 Å². The second-order valence-electron chi connectivity index (χ2n) is 5.65. The molecular weight excluding hydrogens is 426 g/mol. The Morgan fingerprint density at radius 3 is 2.74 bits per heavy atom. The summed E-state index contributed by atoms with van der Waals surface area (Å²) in [7, 11) is -3.21. The van der Waals surface area contributed by atoms with Gasteiger partial charge in [0.15, 0.2) is 5.13 Å². The predicted molar refractivity (Wildman–Crippen MR) is 111 cm³/mol. The van der Waals surface area contributed by atoms with Gasteiger partial charge in [-0.15, -0.1) is 22.7 Å². The fraction of sp³-hybridized carbons (Fsp3) is 0.176. The molecule has 2 N–H and O–H groups in total. The van der Waals surface area contributed by atoms with Crippen molar-refractivity contribution in [3.8, 4) is 11.3 Å². The van der Waals surface area contributed by atoms with Gasteiger partial charge in [-0.05, 0) is 24.6 Å². The van der Waals surface area contributed by atoms with Gasteiger partial charge in [-0.3, -0.25) is 10.1 Å². The number of nitrogens with one attached hydrogen (secondary N) is 2. The number of thiophene rings is 1. The van der Waals surface area contributed by atoms with Crippen LogP contribution < -0.4 is 10.0 Å². The fourth-order valence-corrected chi connectivity index (χ4v) is 4.59. The van der Waals surface area contributed by atoms with Gasteiger partial charge < -0.3 is 0 Å². The maximum atomic E-state index is 12.4. The first-order chi connectivity index (χ1) is 12.8. The summed E-state index contributed by atoms with van der Waals surface area (Å²) in [4.78, 5) is 18.3. The lowest BCUT2D eigenvalue weighted by atomic mass is 10.2. The van der Waals surface area contributed by atoms with Gasteiger partial charge >= 0.3 is 0 Å². The molecule has 0 atom stereocenters. The van der Waals surface area contributed by atoms with Gasteiger partial charge in [0.05, 0.1) is 16.8 Å². The van der Waals surface area contributed by atoms with E-state index in [9.17, 15) is 13.2 Å². The lowest BCUT2D eigenvalue weighted by Gasteiger charge is -2.01. The molecule has 2 heterocycles. The molecule has 0 unspecified atom stereocenters. The number of aromatic nitrogens is 1. The Morgan fingerprint density at radius 2 is 2.00 bits per heavy atom. The SMILES string of the molecule is CS(=O)(=O)NCCc1ccc(C(=O)Nc2nc(-c3ccccc3Cl)cs2)s1. The molecular formula is C17H16ClN3O3S3. The van der Waals surface area contributed by atoms with E-state index in [1.165, 1.54) is 22.7 Å². The second-order valence-corrected chi connectivity index (χ2v) is 9.92. The number of amides is 1. The van der Waals surface area contributed by atoms with Gasteiger partial charge in [0.2, 0.25) is 10.0 Å². The standard InChI is InChI=1S/C17H16ClN3O3S3/c1-27(23,24)19-9-8-11-6-7-15(26-11)16(22)21-17-20-14(10-25-17)12-4-2-3-5-13(12)18/h2-7,10,19H,8-9H2,1H3,(H,20,21,22). The van der Waals surface area contributed by atoms with Crippen LogP contribution in [0, 0.1) is 0 Å². The van der Waals surface area contributed by atoms with Gasteiger partial charge in [-0.1, -0.05) is 29.8 Å². The molecule has 6 nitrogen and oxygen atoms in total. The number of carbonyl (C=O) groups excluding carboxylic acids is 1. The van der Waals surface area contributed by atoms with Crippen LogP contribution in [0.1, 0.15) is 14.5 Å². The first-order valence-electron chi connectivity index (χ1n) is 7.87. The number of halogens is 1. The van der Waals surface area contributed by atoms with Crippen molar-refractivity contribution >= 4 is 55.3 Å². The molecule has 1 amide bonds. The summed E-state index contributed by atoms with van der Waals surface area (Å²) in [6.07, 6.45) is 1.64. The number of hydrogen-bond acceptors (Lipinski definition) is 6. The van der Waals surface area contributed by atoms with Crippen LogP contribution in [0.3, 0.4) is 0 Å². The number of sulfonamides is 1. The molecule has 142 valence electrons. The van der Waals surface area contributed by atoms with Crippen molar-refractivity contribution in [1.82, 2.24) is 9.71 Å². The molecule has 0 radical (unpaired) electrons. The first-order valence-corrected chi connectivity index (χ1v) is 11.8. The van der Waals surface area contributed by atoms with Crippen molar-refractivity contribution in [2.45, 2.75) is 6.42 Å². The van der Waals surface area contributed by atoms with Gasteiger partial charge in [0.1, 0.15) is 0 Å². The van der Waals surface area contributed by atoms with Crippen LogP contribution in [0.15, 0.2) is 41.8 Å². The molecule has 3 rings (SSSR count). The van der Waals surface area contributed by atoms with Crippen LogP contribution in [0.25, 0.3) is 11.3 Å². The molecule has 0 fully saturated rings. The molecule has 3 aromatic rings. The highest BCUT2D eigenvalue weighted by molar-refractivity contribution is 7.88. The van der Waals surface area contributed by atoms with Gasteiger partial charge in [0, 0.05) is 27.4 Å². The lowest BCUT2D eigenvalue weighted by Crippen LogP contribution is -2.24. The van der Waals surface area contributed by atoms with E-state index in [-0.39, 0.29) is 5.91 Å². The van der Waals surface area contributed by atoms with E-state index in [0.29, 0.717) is 33.7 Å². The second kappa shape index (κ2) is 8.49. The molecule has 0 spiro atoms. The number of carbonyl (C=O) groups is 1. The summed E-state index contributed by atoms with van der Waals surface area (Å²) in [5.41, 5.74) is 1.52. The Hall–Kier alpha value is -1.78. The molecule has 0 bridgehead atoms. The lowest BCUT2D eigenvalue weighted by molar-refractivity contribution is 0.103. The van der Waals surface area contributed by atoms with Crippen LogP contribution in [0.4, 0.5) is 5.13 Å². The van der Waals surface area contributed by atoms with Crippen molar-refractivity contribution < 1.29 is 13.2 Å². The minimum atomic E-state index is -3.21. The quantitative estimate of drug-likeness (QED) is 0.582. The number of benzene rings is 1. The molecule has 0 aliphatic carbocycles. The van der Waals surface area contributed by atoms with Crippen molar-refractivity contribution in [3.05, 3.63) is 56.6 Å². The minimum absolute atomic E-state index is 0.248. The fourth-order valence-electron chi connectivity index (χ4n) is 2.28.